The molecule has 0 amide bonds. The van der Waals surface area contributed by atoms with Crippen molar-refractivity contribution in [1.82, 2.24) is 9.78 Å². The Kier molecular flexibility index (Phi) is 4.22. The van der Waals surface area contributed by atoms with E-state index in [0.29, 0.717) is 0 Å². The number of halogens is 3. The van der Waals surface area contributed by atoms with Gasteiger partial charge in [0.2, 0.25) is 0 Å². The van der Waals surface area contributed by atoms with Gasteiger partial charge in [-0.2, -0.15) is 5.10 Å². The maximum atomic E-state index is 12.1. The standard InChI is InChI=1S/C7H9ClF2N2O3S/c1-15-4-5-6(16(8,13)14)2-12(11-5)3-7(9)10/h2,7H,3-4H2,1H3. The van der Waals surface area contributed by atoms with Gasteiger partial charge in [0, 0.05) is 24.0 Å². The van der Waals surface area contributed by atoms with Gasteiger partial charge in [0.25, 0.3) is 15.5 Å². The van der Waals surface area contributed by atoms with Crippen LogP contribution in [0.3, 0.4) is 0 Å². The topological polar surface area (TPSA) is 61.2 Å². The highest BCUT2D eigenvalue weighted by molar-refractivity contribution is 8.13. The quantitative estimate of drug-likeness (QED) is 0.758. The number of alkyl halides is 2. The van der Waals surface area contributed by atoms with E-state index >= 15 is 0 Å². The second-order valence-electron chi connectivity index (χ2n) is 2.92. The van der Waals surface area contributed by atoms with E-state index in [9.17, 15) is 17.2 Å². The first kappa shape index (κ1) is 13.3. The van der Waals surface area contributed by atoms with Gasteiger partial charge in [-0.05, 0) is 0 Å². The predicted molar refractivity (Wildman–Crippen MR) is 52.0 cm³/mol. The van der Waals surface area contributed by atoms with Crippen molar-refractivity contribution in [2.75, 3.05) is 7.11 Å². The van der Waals surface area contributed by atoms with Gasteiger partial charge in [-0.15, -0.1) is 0 Å². The third kappa shape index (κ3) is 3.39. The molecule has 9 heteroatoms. The van der Waals surface area contributed by atoms with Crippen molar-refractivity contribution in [2.24, 2.45) is 0 Å². The van der Waals surface area contributed by atoms with Crippen molar-refractivity contribution in [2.45, 2.75) is 24.5 Å². The lowest BCUT2D eigenvalue weighted by molar-refractivity contribution is 0.120. The molecule has 1 rings (SSSR count). The summed E-state index contributed by atoms with van der Waals surface area (Å²) in [6.07, 6.45) is -1.66. The first-order chi connectivity index (χ1) is 7.34. The first-order valence-corrected chi connectivity index (χ1v) is 6.43. The average Bonchev–Trinajstić information content (AvgIpc) is 2.46. The summed E-state index contributed by atoms with van der Waals surface area (Å²) in [5.74, 6) is 0. The van der Waals surface area contributed by atoms with Gasteiger partial charge in [0.05, 0.1) is 6.61 Å². The van der Waals surface area contributed by atoms with Gasteiger partial charge in [0.15, 0.2) is 0 Å². The van der Waals surface area contributed by atoms with Crippen LogP contribution < -0.4 is 0 Å². The molecule has 0 aliphatic carbocycles. The van der Waals surface area contributed by atoms with E-state index in [1.54, 1.807) is 0 Å². The molecule has 0 aliphatic rings. The monoisotopic (exact) mass is 274 g/mol. The molecule has 0 radical (unpaired) electrons. The maximum Gasteiger partial charge on any atom is 0.264 e. The van der Waals surface area contributed by atoms with Crippen LogP contribution in [0.15, 0.2) is 11.1 Å². The van der Waals surface area contributed by atoms with E-state index in [2.05, 4.69) is 5.10 Å². The number of nitrogens with zero attached hydrogens (tertiary/aromatic N) is 2. The normalized spacial score (nSPS) is 12.3. The van der Waals surface area contributed by atoms with Crippen LogP contribution in [-0.4, -0.2) is 31.7 Å². The lowest BCUT2D eigenvalue weighted by Crippen LogP contribution is -2.07. The number of rotatable bonds is 5. The average molecular weight is 275 g/mol. The van der Waals surface area contributed by atoms with Gasteiger partial charge in [-0.1, -0.05) is 0 Å². The summed E-state index contributed by atoms with van der Waals surface area (Å²) >= 11 is 0. The van der Waals surface area contributed by atoms with Crippen LogP contribution in [0, 0.1) is 0 Å². The fraction of sp³-hybridized carbons (Fsp3) is 0.571. The summed E-state index contributed by atoms with van der Waals surface area (Å²) in [4.78, 5) is -0.309. The molecule has 1 aromatic rings. The molecule has 5 nitrogen and oxygen atoms in total. The van der Waals surface area contributed by atoms with Crippen LogP contribution in [-0.2, 0) is 26.9 Å². The number of aromatic nitrogens is 2. The Morgan fingerprint density at radius 2 is 2.25 bits per heavy atom. The van der Waals surface area contributed by atoms with Crippen molar-refractivity contribution < 1.29 is 21.9 Å². The number of hydrogen-bond acceptors (Lipinski definition) is 4. The van der Waals surface area contributed by atoms with E-state index < -0.39 is 22.0 Å². The van der Waals surface area contributed by atoms with E-state index in [1.807, 2.05) is 0 Å². The van der Waals surface area contributed by atoms with Crippen molar-refractivity contribution in [3.8, 4) is 0 Å². The highest BCUT2D eigenvalue weighted by Gasteiger charge is 2.21. The molecule has 0 atom stereocenters. The number of hydrogen-bond donors (Lipinski definition) is 0. The predicted octanol–water partition coefficient (Wildman–Crippen LogP) is 1.22. The van der Waals surface area contributed by atoms with Gasteiger partial charge in [-0.25, -0.2) is 17.2 Å². The largest absolute Gasteiger partial charge is 0.378 e. The van der Waals surface area contributed by atoms with Crippen LogP contribution in [0.4, 0.5) is 8.78 Å². The number of methoxy groups -OCH3 is 1. The lowest BCUT2D eigenvalue weighted by Gasteiger charge is -1.98. The third-order valence-corrected chi connectivity index (χ3v) is 3.03. The summed E-state index contributed by atoms with van der Waals surface area (Å²) in [6.45, 7) is -0.805. The highest BCUT2D eigenvalue weighted by Crippen LogP contribution is 2.20. The molecule has 1 heterocycles. The summed E-state index contributed by atoms with van der Waals surface area (Å²) in [7, 11) is 2.45. The Morgan fingerprint density at radius 1 is 1.62 bits per heavy atom. The molecular weight excluding hydrogens is 266 g/mol. The zero-order chi connectivity index (χ0) is 12.3. The summed E-state index contributed by atoms with van der Waals surface area (Å²) < 4.78 is 51.9. The van der Waals surface area contributed by atoms with Crippen LogP contribution in [0.1, 0.15) is 5.69 Å². The molecule has 0 bridgehead atoms. The Labute approximate surface area is 95.4 Å². The third-order valence-electron chi connectivity index (χ3n) is 1.67. The molecule has 0 saturated carbocycles. The molecule has 0 N–H and O–H groups in total. The molecule has 0 fully saturated rings. The molecule has 0 spiro atoms. The Hall–Kier alpha value is -0.730. The van der Waals surface area contributed by atoms with Crippen molar-refractivity contribution >= 4 is 19.7 Å². The molecule has 92 valence electrons. The summed E-state index contributed by atoms with van der Waals surface area (Å²) in [6, 6.07) is 0. The van der Waals surface area contributed by atoms with Crippen LogP contribution in [0.2, 0.25) is 0 Å². The molecule has 0 unspecified atom stereocenters. The summed E-state index contributed by atoms with van der Waals surface area (Å²) in [5, 5.41) is 3.65. The van der Waals surface area contributed by atoms with E-state index in [0.717, 1.165) is 10.9 Å². The minimum Gasteiger partial charge on any atom is -0.378 e. The Bertz CT molecular complexity index is 460. The van der Waals surface area contributed by atoms with Gasteiger partial charge < -0.3 is 4.74 Å². The molecule has 0 aromatic carbocycles. The van der Waals surface area contributed by atoms with Crippen LogP contribution in [0.5, 0.6) is 0 Å². The van der Waals surface area contributed by atoms with Crippen molar-refractivity contribution in [3.05, 3.63) is 11.9 Å². The molecule has 0 aliphatic heterocycles. The first-order valence-electron chi connectivity index (χ1n) is 4.12. The van der Waals surface area contributed by atoms with Crippen LogP contribution >= 0.6 is 10.7 Å². The van der Waals surface area contributed by atoms with E-state index in [1.165, 1.54) is 7.11 Å². The lowest BCUT2D eigenvalue weighted by atomic mass is 10.5. The fourth-order valence-corrected chi connectivity index (χ4v) is 2.13. The van der Waals surface area contributed by atoms with Gasteiger partial charge in [0.1, 0.15) is 17.1 Å². The SMILES string of the molecule is COCc1nn(CC(F)F)cc1S(=O)(=O)Cl. The van der Waals surface area contributed by atoms with Crippen molar-refractivity contribution in [1.29, 1.82) is 0 Å². The second kappa shape index (κ2) is 5.07. The summed E-state index contributed by atoms with van der Waals surface area (Å²) in [5.41, 5.74) is 0.0122. The van der Waals surface area contributed by atoms with Crippen molar-refractivity contribution in [3.63, 3.8) is 0 Å². The van der Waals surface area contributed by atoms with E-state index in [-0.39, 0.29) is 17.2 Å². The highest BCUT2D eigenvalue weighted by atomic mass is 35.7. The zero-order valence-corrected chi connectivity index (χ0v) is 9.80. The molecule has 0 saturated heterocycles. The number of ether oxygens (including phenoxy) is 1. The van der Waals surface area contributed by atoms with Gasteiger partial charge >= 0.3 is 0 Å². The van der Waals surface area contributed by atoms with E-state index in [4.69, 9.17) is 15.4 Å². The molecule has 16 heavy (non-hydrogen) atoms. The second-order valence-corrected chi connectivity index (χ2v) is 5.46. The zero-order valence-electron chi connectivity index (χ0n) is 8.23. The molecule has 1 aromatic heterocycles. The maximum absolute atomic E-state index is 12.1. The van der Waals surface area contributed by atoms with Gasteiger partial charge in [-0.3, -0.25) is 4.68 Å². The Balaban J connectivity index is 3.10. The minimum atomic E-state index is -4.01. The Morgan fingerprint density at radius 3 is 2.69 bits per heavy atom. The smallest absolute Gasteiger partial charge is 0.264 e. The van der Waals surface area contributed by atoms with Crippen LogP contribution in [0.25, 0.3) is 0 Å². The molecular formula is C7H9ClF2N2O3S. The fourth-order valence-electron chi connectivity index (χ4n) is 1.12. The minimum absolute atomic E-state index is 0.0122.